The second-order valence-electron chi connectivity index (χ2n) is 4.20. The average Bonchev–Trinajstić information content (AvgIpc) is 2.42. The Balaban J connectivity index is 1.85. The van der Waals surface area contributed by atoms with E-state index in [1.54, 1.807) is 0 Å². The highest BCUT2D eigenvalue weighted by molar-refractivity contribution is 7.97. The molecular weight excluding hydrogens is 276 g/mol. The van der Waals surface area contributed by atoms with E-state index in [1.165, 1.54) is 11.1 Å². The molecule has 0 aliphatic rings. The van der Waals surface area contributed by atoms with Crippen molar-refractivity contribution in [2.24, 2.45) is 0 Å². The molecule has 0 radical (unpaired) electrons. The van der Waals surface area contributed by atoms with Crippen molar-refractivity contribution in [2.75, 3.05) is 11.9 Å². The molecule has 100 valence electrons. The van der Waals surface area contributed by atoms with Gasteiger partial charge in [0.1, 0.15) is 5.82 Å². The Hall–Kier alpha value is -1.19. The van der Waals surface area contributed by atoms with E-state index in [1.807, 2.05) is 30.1 Å². The monoisotopic (exact) mass is 292 g/mol. The second kappa shape index (κ2) is 7.41. The van der Waals surface area contributed by atoms with Crippen molar-refractivity contribution in [1.82, 2.24) is 4.98 Å². The molecule has 0 bridgehead atoms. The van der Waals surface area contributed by atoms with E-state index in [2.05, 4.69) is 41.5 Å². The Labute approximate surface area is 123 Å². The molecule has 2 aromatic rings. The van der Waals surface area contributed by atoms with E-state index in [-0.39, 0.29) is 0 Å². The molecule has 4 heteroatoms. The summed E-state index contributed by atoms with van der Waals surface area (Å²) in [5.41, 5.74) is 2.60. The lowest BCUT2D eigenvalue weighted by Gasteiger charge is -2.06. The van der Waals surface area contributed by atoms with E-state index in [0.717, 1.165) is 28.9 Å². The predicted molar refractivity (Wildman–Crippen MR) is 84.9 cm³/mol. The molecule has 0 unspecified atom stereocenters. The molecule has 1 N–H and O–H groups in total. The number of rotatable bonds is 6. The van der Waals surface area contributed by atoms with Gasteiger partial charge >= 0.3 is 0 Å². The largest absolute Gasteiger partial charge is 0.370 e. The number of thioether (sulfide) groups is 1. The van der Waals surface area contributed by atoms with Gasteiger partial charge < -0.3 is 5.32 Å². The van der Waals surface area contributed by atoms with Gasteiger partial charge in [-0.25, -0.2) is 4.98 Å². The SMILES string of the molecule is CCNc1cc(CSCc2ccc(Cl)cc2)ccn1. The Morgan fingerprint density at radius 2 is 1.84 bits per heavy atom. The van der Waals surface area contributed by atoms with Crippen LogP contribution in [0.2, 0.25) is 5.02 Å². The Kier molecular flexibility index (Phi) is 5.55. The Bertz CT molecular complexity index is 514. The number of halogens is 1. The summed E-state index contributed by atoms with van der Waals surface area (Å²) >= 11 is 7.76. The van der Waals surface area contributed by atoms with E-state index in [9.17, 15) is 0 Å². The van der Waals surface area contributed by atoms with Crippen molar-refractivity contribution in [3.63, 3.8) is 0 Å². The number of pyridine rings is 1. The minimum atomic E-state index is 0.790. The lowest BCUT2D eigenvalue weighted by molar-refractivity contribution is 1.15. The zero-order valence-electron chi connectivity index (χ0n) is 10.9. The highest BCUT2D eigenvalue weighted by Crippen LogP contribution is 2.20. The molecular formula is C15H17ClN2S. The summed E-state index contributed by atoms with van der Waals surface area (Å²) < 4.78 is 0. The van der Waals surface area contributed by atoms with Gasteiger partial charge in [0.2, 0.25) is 0 Å². The summed E-state index contributed by atoms with van der Waals surface area (Å²) in [5, 5.41) is 4.02. The molecule has 1 aromatic heterocycles. The van der Waals surface area contributed by atoms with Crippen molar-refractivity contribution < 1.29 is 0 Å². The molecule has 1 aromatic carbocycles. The summed E-state index contributed by atoms with van der Waals surface area (Å²) in [4.78, 5) is 4.27. The lowest BCUT2D eigenvalue weighted by atomic mass is 10.2. The van der Waals surface area contributed by atoms with Crippen LogP contribution in [0.3, 0.4) is 0 Å². The highest BCUT2D eigenvalue weighted by Gasteiger charge is 1.98. The van der Waals surface area contributed by atoms with Gasteiger partial charge in [0, 0.05) is 29.3 Å². The van der Waals surface area contributed by atoms with Gasteiger partial charge in [-0.05, 0) is 42.3 Å². The molecule has 0 amide bonds. The standard InChI is InChI=1S/C15H17ClN2S/c1-2-17-15-9-13(7-8-18-15)11-19-10-12-3-5-14(16)6-4-12/h3-9H,2,10-11H2,1H3,(H,17,18). The van der Waals surface area contributed by atoms with Crippen LogP contribution in [0.5, 0.6) is 0 Å². The fourth-order valence-corrected chi connectivity index (χ4v) is 2.78. The molecule has 1 heterocycles. The van der Waals surface area contributed by atoms with Gasteiger partial charge in [-0.1, -0.05) is 23.7 Å². The first-order valence-corrected chi connectivity index (χ1v) is 7.82. The Morgan fingerprint density at radius 1 is 1.11 bits per heavy atom. The van der Waals surface area contributed by atoms with Gasteiger partial charge in [0.05, 0.1) is 0 Å². The fourth-order valence-electron chi connectivity index (χ4n) is 1.71. The van der Waals surface area contributed by atoms with Crippen molar-refractivity contribution >= 4 is 29.2 Å². The smallest absolute Gasteiger partial charge is 0.126 e. The van der Waals surface area contributed by atoms with Gasteiger partial charge in [-0.2, -0.15) is 11.8 Å². The zero-order chi connectivity index (χ0) is 13.5. The number of nitrogens with one attached hydrogen (secondary N) is 1. The van der Waals surface area contributed by atoms with Crippen LogP contribution < -0.4 is 5.32 Å². The van der Waals surface area contributed by atoms with Crippen molar-refractivity contribution in [3.8, 4) is 0 Å². The summed E-state index contributed by atoms with van der Waals surface area (Å²) in [6.07, 6.45) is 1.86. The number of hydrogen-bond acceptors (Lipinski definition) is 3. The molecule has 0 saturated carbocycles. The summed E-state index contributed by atoms with van der Waals surface area (Å²) in [6, 6.07) is 12.2. The topological polar surface area (TPSA) is 24.9 Å². The third-order valence-electron chi connectivity index (χ3n) is 2.63. The molecule has 0 fully saturated rings. The average molecular weight is 293 g/mol. The van der Waals surface area contributed by atoms with Gasteiger partial charge in [0.25, 0.3) is 0 Å². The van der Waals surface area contributed by atoms with E-state index in [0.29, 0.717) is 0 Å². The van der Waals surface area contributed by atoms with Crippen LogP contribution in [0.1, 0.15) is 18.1 Å². The first-order valence-electron chi connectivity index (χ1n) is 6.29. The number of anilines is 1. The van der Waals surface area contributed by atoms with Crippen LogP contribution in [-0.4, -0.2) is 11.5 Å². The van der Waals surface area contributed by atoms with Crippen LogP contribution in [0.25, 0.3) is 0 Å². The van der Waals surface area contributed by atoms with Crippen molar-refractivity contribution in [1.29, 1.82) is 0 Å². The first-order chi connectivity index (χ1) is 9.28. The minimum Gasteiger partial charge on any atom is -0.370 e. The van der Waals surface area contributed by atoms with Crippen LogP contribution in [0.15, 0.2) is 42.6 Å². The van der Waals surface area contributed by atoms with Crippen LogP contribution in [0.4, 0.5) is 5.82 Å². The number of nitrogens with zero attached hydrogens (tertiary/aromatic N) is 1. The van der Waals surface area contributed by atoms with E-state index < -0.39 is 0 Å². The molecule has 0 atom stereocenters. The first kappa shape index (κ1) is 14.2. The van der Waals surface area contributed by atoms with Crippen LogP contribution in [-0.2, 0) is 11.5 Å². The molecule has 0 aliphatic carbocycles. The third-order valence-corrected chi connectivity index (χ3v) is 3.96. The Morgan fingerprint density at radius 3 is 2.58 bits per heavy atom. The fraction of sp³-hybridized carbons (Fsp3) is 0.267. The maximum atomic E-state index is 5.87. The summed E-state index contributed by atoms with van der Waals surface area (Å²) in [5.74, 6) is 2.94. The number of aromatic nitrogens is 1. The lowest BCUT2D eigenvalue weighted by Crippen LogP contribution is -1.99. The summed E-state index contributed by atoms with van der Waals surface area (Å²) in [6.45, 7) is 2.97. The summed E-state index contributed by atoms with van der Waals surface area (Å²) in [7, 11) is 0. The predicted octanol–water partition coefficient (Wildman–Crippen LogP) is 4.60. The molecule has 0 spiro atoms. The molecule has 2 nitrogen and oxygen atoms in total. The van der Waals surface area contributed by atoms with Gasteiger partial charge in [0.15, 0.2) is 0 Å². The number of benzene rings is 1. The quantitative estimate of drug-likeness (QED) is 0.842. The highest BCUT2D eigenvalue weighted by atomic mass is 35.5. The normalized spacial score (nSPS) is 10.4. The van der Waals surface area contributed by atoms with Crippen molar-refractivity contribution in [2.45, 2.75) is 18.4 Å². The maximum absolute atomic E-state index is 5.87. The second-order valence-corrected chi connectivity index (χ2v) is 5.62. The zero-order valence-corrected chi connectivity index (χ0v) is 12.5. The van der Waals surface area contributed by atoms with Crippen molar-refractivity contribution in [3.05, 3.63) is 58.7 Å². The van der Waals surface area contributed by atoms with E-state index in [4.69, 9.17) is 11.6 Å². The molecule has 19 heavy (non-hydrogen) atoms. The van der Waals surface area contributed by atoms with Gasteiger partial charge in [-0.15, -0.1) is 0 Å². The molecule has 2 rings (SSSR count). The van der Waals surface area contributed by atoms with E-state index >= 15 is 0 Å². The minimum absolute atomic E-state index is 0.790. The number of hydrogen-bond donors (Lipinski definition) is 1. The molecule has 0 saturated heterocycles. The van der Waals surface area contributed by atoms with Gasteiger partial charge in [-0.3, -0.25) is 0 Å². The maximum Gasteiger partial charge on any atom is 0.126 e. The molecule has 0 aliphatic heterocycles. The third kappa shape index (κ3) is 4.77. The van der Waals surface area contributed by atoms with Crippen LogP contribution >= 0.6 is 23.4 Å². The van der Waals surface area contributed by atoms with Crippen LogP contribution in [0, 0.1) is 0 Å².